The Morgan fingerprint density at radius 2 is 1.59 bits per heavy atom. The summed E-state index contributed by atoms with van der Waals surface area (Å²) in [6.07, 6.45) is 0. The number of hydrogen-bond acceptors (Lipinski definition) is 3. The van der Waals surface area contributed by atoms with E-state index in [-0.39, 0.29) is 22.2 Å². The van der Waals surface area contributed by atoms with E-state index in [1.54, 1.807) is 18.2 Å². The highest BCUT2D eigenvalue weighted by Crippen LogP contribution is 2.35. The third-order valence-corrected chi connectivity index (χ3v) is 5.34. The van der Waals surface area contributed by atoms with Crippen molar-refractivity contribution in [3.8, 4) is 11.5 Å². The predicted octanol–water partition coefficient (Wildman–Crippen LogP) is 5.86. The highest BCUT2D eigenvalue weighted by atomic mass is 35.5. The highest BCUT2D eigenvalue weighted by molar-refractivity contribution is 7.92. The number of nitrogens with one attached hydrogen (secondary N) is 1. The van der Waals surface area contributed by atoms with E-state index in [1.807, 2.05) is 0 Å². The van der Waals surface area contributed by atoms with Gasteiger partial charge in [0.15, 0.2) is 17.4 Å². The van der Waals surface area contributed by atoms with Gasteiger partial charge in [-0.15, -0.1) is 0 Å². The summed E-state index contributed by atoms with van der Waals surface area (Å²) < 4.78 is 59.4. The number of sulfonamides is 1. The second-order valence-electron chi connectivity index (χ2n) is 5.35. The van der Waals surface area contributed by atoms with Crippen molar-refractivity contribution in [3.05, 3.63) is 82.3 Å². The summed E-state index contributed by atoms with van der Waals surface area (Å²) in [7, 11) is -4.17. The molecule has 0 saturated carbocycles. The Hall–Kier alpha value is -2.35. The first-order chi connectivity index (χ1) is 12.8. The molecule has 0 unspecified atom stereocenters. The third-order valence-electron chi connectivity index (χ3n) is 3.45. The minimum absolute atomic E-state index is 0.0910. The van der Waals surface area contributed by atoms with Crippen molar-refractivity contribution in [2.45, 2.75) is 4.90 Å². The van der Waals surface area contributed by atoms with Gasteiger partial charge in [0.25, 0.3) is 10.0 Å². The summed E-state index contributed by atoms with van der Waals surface area (Å²) in [4.78, 5) is -0.430. The molecule has 0 heterocycles. The van der Waals surface area contributed by atoms with Gasteiger partial charge in [0.2, 0.25) is 0 Å². The second-order valence-corrected chi connectivity index (χ2v) is 7.88. The van der Waals surface area contributed by atoms with Crippen LogP contribution in [-0.2, 0) is 10.0 Å². The van der Waals surface area contributed by atoms with E-state index in [9.17, 15) is 17.2 Å². The van der Waals surface area contributed by atoms with Crippen LogP contribution in [-0.4, -0.2) is 8.42 Å². The van der Waals surface area contributed by atoms with Crippen molar-refractivity contribution in [1.82, 2.24) is 0 Å². The Labute approximate surface area is 164 Å². The lowest BCUT2D eigenvalue weighted by atomic mass is 10.3. The molecule has 0 fully saturated rings. The number of para-hydroxylation sites is 2. The molecule has 4 nitrogen and oxygen atoms in total. The molecule has 0 saturated heterocycles. The Bertz CT molecular complexity index is 1110. The van der Waals surface area contributed by atoms with E-state index in [0.29, 0.717) is 11.1 Å². The molecular weight excluding hydrogens is 419 g/mol. The van der Waals surface area contributed by atoms with Gasteiger partial charge in [-0.05, 0) is 48.5 Å². The number of benzene rings is 3. The van der Waals surface area contributed by atoms with Crippen LogP contribution >= 0.6 is 23.2 Å². The zero-order chi connectivity index (χ0) is 19.6. The molecule has 0 aromatic heterocycles. The lowest BCUT2D eigenvalue weighted by Gasteiger charge is -2.14. The first-order valence-electron chi connectivity index (χ1n) is 7.46. The van der Waals surface area contributed by atoms with Gasteiger partial charge in [-0.3, -0.25) is 4.72 Å². The molecule has 3 aromatic carbocycles. The van der Waals surface area contributed by atoms with Crippen molar-refractivity contribution >= 4 is 38.9 Å². The van der Waals surface area contributed by atoms with Crippen molar-refractivity contribution in [1.29, 1.82) is 0 Å². The monoisotopic (exact) mass is 429 g/mol. The summed E-state index contributed by atoms with van der Waals surface area (Å²) in [6.45, 7) is 0. The fourth-order valence-electron chi connectivity index (χ4n) is 2.16. The van der Waals surface area contributed by atoms with Crippen LogP contribution in [0.3, 0.4) is 0 Å². The molecule has 3 rings (SSSR count). The molecule has 0 bridgehead atoms. The van der Waals surface area contributed by atoms with Crippen LogP contribution in [0.25, 0.3) is 0 Å². The molecule has 0 radical (unpaired) electrons. The second kappa shape index (κ2) is 7.72. The summed E-state index contributed by atoms with van der Waals surface area (Å²) in [5, 5.41) is 0.653. The fourth-order valence-corrected chi connectivity index (χ4v) is 3.69. The molecule has 140 valence electrons. The molecule has 27 heavy (non-hydrogen) atoms. The van der Waals surface area contributed by atoms with Gasteiger partial charge in [0.1, 0.15) is 5.75 Å². The molecule has 3 aromatic rings. The summed E-state index contributed by atoms with van der Waals surface area (Å²) >= 11 is 11.9. The molecule has 0 aliphatic carbocycles. The van der Waals surface area contributed by atoms with E-state index >= 15 is 0 Å². The maximum absolute atomic E-state index is 13.4. The van der Waals surface area contributed by atoms with E-state index in [4.69, 9.17) is 27.9 Å². The first kappa shape index (κ1) is 19.4. The third kappa shape index (κ3) is 4.50. The average Bonchev–Trinajstić information content (AvgIpc) is 2.61. The number of anilines is 1. The van der Waals surface area contributed by atoms with E-state index in [2.05, 4.69) is 4.72 Å². The molecule has 0 aliphatic rings. The van der Waals surface area contributed by atoms with Crippen molar-refractivity contribution in [3.63, 3.8) is 0 Å². The lowest BCUT2D eigenvalue weighted by molar-refractivity contribution is 0.485. The average molecular weight is 430 g/mol. The van der Waals surface area contributed by atoms with Gasteiger partial charge in [-0.25, -0.2) is 17.2 Å². The largest absolute Gasteiger partial charge is 0.454 e. The van der Waals surface area contributed by atoms with Crippen LogP contribution in [0.1, 0.15) is 0 Å². The molecule has 9 heteroatoms. The summed E-state index contributed by atoms with van der Waals surface area (Å²) in [5.41, 5.74) is 0.0910. The molecule has 0 aliphatic heterocycles. The maximum atomic E-state index is 13.4. The van der Waals surface area contributed by atoms with Gasteiger partial charge in [-0.2, -0.15) is 0 Å². The highest BCUT2D eigenvalue weighted by Gasteiger charge is 2.19. The number of hydrogen-bond donors (Lipinski definition) is 1. The minimum atomic E-state index is -4.17. The van der Waals surface area contributed by atoms with Crippen LogP contribution in [0.15, 0.2) is 65.6 Å². The fraction of sp³-hybridized carbons (Fsp3) is 0. The summed E-state index contributed by atoms with van der Waals surface area (Å²) in [6, 6.07) is 13.1. The van der Waals surface area contributed by atoms with E-state index in [0.717, 1.165) is 12.1 Å². The lowest BCUT2D eigenvalue weighted by Crippen LogP contribution is -2.14. The van der Waals surface area contributed by atoms with E-state index in [1.165, 1.54) is 24.3 Å². The number of halogens is 4. The van der Waals surface area contributed by atoms with Gasteiger partial charge in [0.05, 0.1) is 15.6 Å². The molecule has 0 spiro atoms. The predicted molar refractivity (Wildman–Crippen MR) is 100 cm³/mol. The molecule has 1 N–H and O–H groups in total. The maximum Gasteiger partial charge on any atom is 0.262 e. The number of ether oxygens (including phenoxy) is 1. The van der Waals surface area contributed by atoms with Gasteiger partial charge >= 0.3 is 0 Å². The van der Waals surface area contributed by atoms with Gasteiger partial charge in [0, 0.05) is 5.02 Å². The van der Waals surface area contributed by atoms with E-state index < -0.39 is 26.6 Å². The molecule has 0 amide bonds. The standard InChI is InChI=1S/C18H11Cl2F2NO3S/c19-11-5-8-17(13(20)9-11)26-18-4-2-1-3-16(18)23-27(24,25)12-6-7-14(21)15(22)10-12/h1-10,23H. The topological polar surface area (TPSA) is 55.4 Å². The normalized spacial score (nSPS) is 11.3. The van der Waals surface area contributed by atoms with Crippen LogP contribution in [0, 0.1) is 11.6 Å². The Kier molecular flexibility index (Phi) is 5.55. The van der Waals surface area contributed by atoms with Crippen LogP contribution in [0.4, 0.5) is 14.5 Å². The molecular formula is C18H11Cl2F2NO3S. The summed E-state index contributed by atoms with van der Waals surface area (Å²) in [5.74, 6) is -1.99. The quantitative estimate of drug-likeness (QED) is 0.551. The van der Waals surface area contributed by atoms with Gasteiger partial charge in [-0.1, -0.05) is 35.3 Å². The Balaban J connectivity index is 1.92. The van der Waals surface area contributed by atoms with Crippen molar-refractivity contribution < 1.29 is 21.9 Å². The molecule has 0 atom stereocenters. The van der Waals surface area contributed by atoms with Crippen LogP contribution in [0.2, 0.25) is 10.0 Å². The van der Waals surface area contributed by atoms with Gasteiger partial charge < -0.3 is 4.74 Å². The van der Waals surface area contributed by atoms with Crippen LogP contribution < -0.4 is 9.46 Å². The number of rotatable bonds is 5. The van der Waals surface area contributed by atoms with Crippen LogP contribution in [0.5, 0.6) is 11.5 Å². The smallest absolute Gasteiger partial charge is 0.262 e. The van der Waals surface area contributed by atoms with Crippen molar-refractivity contribution in [2.75, 3.05) is 4.72 Å². The SMILES string of the molecule is O=S(=O)(Nc1ccccc1Oc1ccc(Cl)cc1Cl)c1ccc(F)c(F)c1. The zero-order valence-corrected chi connectivity index (χ0v) is 15.7. The zero-order valence-electron chi connectivity index (χ0n) is 13.4. The van der Waals surface area contributed by atoms with Crippen molar-refractivity contribution in [2.24, 2.45) is 0 Å². The minimum Gasteiger partial charge on any atom is -0.454 e. The first-order valence-corrected chi connectivity index (χ1v) is 9.70. The Morgan fingerprint density at radius 1 is 0.852 bits per heavy atom. The Morgan fingerprint density at radius 3 is 2.30 bits per heavy atom.